The predicted octanol–water partition coefficient (Wildman–Crippen LogP) is 1.38. The molecule has 6 nitrogen and oxygen atoms in total. The first-order chi connectivity index (χ1) is 10.8. The van der Waals surface area contributed by atoms with Crippen LogP contribution >= 0.6 is 0 Å². The van der Waals surface area contributed by atoms with Crippen molar-refractivity contribution in [3.8, 4) is 0 Å². The number of amides is 3. The zero-order chi connectivity index (χ0) is 17.3. The van der Waals surface area contributed by atoms with Crippen LogP contribution in [0.5, 0.6) is 0 Å². The molecular weight excluding hydrogens is 294 g/mol. The van der Waals surface area contributed by atoms with E-state index in [9.17, 15) is 14.4 Å². The third-order valence-corrected chi connectivity index (χ3v) is 3.52. The molecule has 120 valence electrons. The molecule has 0 fully saturated rings. The first-order valence-corrected chi connectivity index (χ1v) is 7.17. The van der Waals surface area contributed by atoms with E-state index in [0.29, 0.717) is 28.0 Å². The van der Waals surface area contributed by atoms with Gasteiger partial charge in [0.25, 0.3) is 11.8 Å². The van der Waals surface area contributed by atoms with Gasteiger partial charge in [-0.3, -0.25) is 19.3 Å². The predicted molar refractivity (Wildman–Crippen MR) is 88.4 cm³/mol. The van der Waals surface area contributed by atoms with Crippen LogP contribution in [0, 0.1) is 0 Å². The van der Waals surface area contributed by atoms with Gasteiger partial charge in [0.05, 0.1) is 0 Å². The highest BCUT2D eigenvalue weighted by Gasteiger charge is 2.34. The zero-order valence-corrected chi connectivity index (χ0v) is 13.2. The van der Waals surface area contributed by atoms with Crippen LogP contribution < -0.4 is 11.1 Å². The lowest BCUT2D eigenvalue weighted by atomic mass is 9.95. The van der Waals surface area contributed by atoms with E-state index in [1.54, 1.807) is 12.1 Å². The van der Waals surface area contributed by atoms with Gasteiger partial charge in [0.1, 0.15) is 6.54 Å². The quantitative estimate of drug-likeness (QED) is 0.860. The number of nitrogens with zero attached hydrogens (tertiary/aromatic N) is 1. The molecule has 23 heavy (non-hydrogen) atoms. The minimum atomic E-state index is -0.634. The molecule has 0 spiro atoms. The fourth-order valence-electron chi connectivity index (χ4n) is 2.58. The van der Waals surface area contributed by atoms with Crippen LogP contribution in [0.25, 0.3) is 11.8 Å². The molecule has 0 radical (unpaired) electrons. The Hall–Kier alpha value is -2.89. The molecule has 1 aliphatic rings. The van der Waals surface area contributed by atoms with Crippen molar-refractivity contribution in [1.82, 2.24) is 10.2 Å². The van der Waals surface area contributed by atoms with Crippen molar-refractivity contribution in [3.63, 3.8) is 0 Å². The third kappa shape index (κ3) is 2.88. The van der Waals surface area contributed by atoms with Crippen molar-refractivity contribution in [1.29, 1.82) is 0 Å². The summed E-state index contributed by atoms with van der Waals surface area (Å²) in [6.07, 6.45) is 1.51. The maximum atomic E-state index is 12.4. The largest absolute Gasteiger partial charge is 0.368 e. The molecule has 1 heterocycles. The SMILES string of the molecule is C=Cc1c(C(=O)NC(C)C)ccc2c1C(=C)N(CC(N)=O)C2=O. The maximum absolute atomic E-state index is 12.4. The van der Waals surface area contributed by atoms with Gasteiger partial charge >= 0.3 is 0 Å². The van der Waals surface area contributed by atoms with Gasteiger partial charge in [-0.1, -0.05) is 19.2 Å². The first-order valence-electron chi connectivity index (χ1n) is 7.17. The molecule has 1 aromatic rings. The summed E-state index contributed by atoms with van der Waals surface area (Å²) in [5.41, 5.74) is 7.34. The van der Waals surface area contributed by atoms with Gasteiger partial charge in [-0.25, -0.2) is 0 Å². The minimum Gasteiger partial charge on any atom is -0.368 e. The number of hydrogen-bond acceptors (Lipinski definition) is 3. The average molecular weight is 313 g/mol. The van der Waals surface area contributed by atoms with E-state index in [1.165, 1.54) is 11.0 Å². The Labute approximate surface area is 134 Å². The Kier molecular flexibility index (Phi) is 4.36. The van der Waals surface area contributed by atoms with Crippen LogP contribution in [0.1, 0.15) is 45.7 Å². The summed E-state index contributed by atoms with van der Waals surface area (Å²) in [4.78, 5) is 37.1. The van der Waals surface area contributed by atoms with E-state index in [0.717, 1.165) is 0 Å². The Bertz CT molecular complexity index is 735. The topological polar surface area (TPSA) is 92.5 Å². The summed E-state index contributed by atoms with van der Waals surface area (Å²) in [5.74, 6) is -1.25. The molecule has 1 aromatic carbocycles. The van der Waals surface area contributed by atoms with Crippen LogP contribution in [0.4, 0.5) is 0 Å². The van der Waals surface area contributed by atoms with Gasteiger partial charge < -0.3 is 11.1 Å². The van der Waals surface area contributed by atoms with E-state index in [-0.39, 0.29) is 24.4 Å². The molecule has 0 unspecified atom stereocenters. The molecule has 0 aliphatic carbocycles. The molecule has 1 aliphatic heterocycles. The molecule has 0 bridgehead atoms. The van der Waals surface area contributed by atoms with Crippen LogP contribution in [0.2, 0.25) is 0 Å². The summed E-state index contributed by atoms with van der Waals surface area (Å²) in [6.45, 7) is 11.1. The molecular formula is C17H19N3O3. The van der Waals surface area contributed by atoms with Crippen molar-refractivity contribution < 1.29 is 14.4 Å². The van der Waals surface area contributed by atoms with Gasteiger partial charge in [0, 0.05) is 28.4 Å². The van der Waals surface area contributed by atoms with Crippen molar-refractivity contribution in [2.75, 3.05) is 6.54 Å². The molecule has 0 saturated carbocycles. The number of nitrogens with one attached hydrogen (secondary N) is 1. The third-order valence-electron chi connectivity index (χ3n) is 3.52. The number of carbonyl (C=O) groups is 3. The summed E-state index contributed by atoms with van der Waals surface area (Å²) >= 11 is 0. The number of nitrogens with two attached hydrogens (primary N) is 1. The van der Waals surface area contributed by atoms with Gasteiger partial charge in [-0.15, -0.1) is 0 Å². The molecule has 3 N–H and O–H groups in total. The van der Waals surface area contributed by atoms with E-state index in [2.05, 4.69) is 18.5 Å². The van der Waals surface area contributed by atoms with E-state index < -0.39 is 5.91 Å². The van der Waals surface area contributed by atoms with Gasteiger partial charge in [0.15, 0.2) is 0 Å². The second kappa shape index (κ2) is 6.08. The maximum Gasteiger partial charge on any atom is 0.259 e. The number of benzene rings is 1. The second-order valence-corrected chi connectivity index (χ2v) is 5.59. The lowest BCUT2D eigenvalue weighted by Crippen LogP contribution is -2.33. The van der Waals surface area contributed by atoms with Crippen molar-refractivity contribution in [2.24, 2.45) is 5.73 Å². The fraction of sp³-hybridized carbons (Fsp3) is 0.235. The van der Waals surface area contributed by atoms with Crippen molar-refractivity contribution in [2.45, 2.75) is 19.9 Å². The summed E-state index contributed by atoms with van der Waals surface area (Å²) in [5, 5.41) is 2.81. The molecule has 3 amide bonds. The number of primary amides is 1. The normalized spacial score (nSPS) is 13.3. The minimum absolute atomic E-state index is 0.0235. The van der Waals surface area contributed by atoms with Gasteiger partial charge in [-0.2, -0.15) is 0 Å². The summed E-state index contributed by atoms with van der Waals surface area (Å²) < 4.78 is 0. The molecule has 2 rings (SSSR count). The number of fused-ring (bicyclic) bond motifs is 1. The Balaban J connectivity index is 2.54. The standard InChI is InChI=1S/C17H19N3O3/c1-5-11-12(16(22)19-9(2)3)6-7-13-15(11)10(4)20(17(13)23)8-14(18)21/h5-7,9H,1,4,8H2,2-3H3,(H2,18,21)(H,19,22). The zero-order valence-electron chi connectivity index (χ0n) is 13.2. The van der Waals surface area contributed by atoms with Crippen LogP contribution in [0.15, 0.2) is 25.3 Å². The Morgan fingerprint density at radius 2 is 2.04 bits per heavy atom. The highest BCUT2D eigenvalue weighted by Crippen LogP contribution is 2.36. The highest BCUT2D eigenvalue weighted by atomic mass is 16.2. The number of rotatable bonds is 5. The van der Waals surface area contributed by atoms with E-state index in [4.69, 9.17) is 5.73 Å². The monoisotopic (exact) mass is 313 g/mol. The number of hydrogen-bond donors (Lipinski definition) is 2. The smallest absolute Gasteiger partial charge is 0.259 e. The van der Waals surface area contributed by atoms with Crippen LogP contribution in [0.3, 0.4) is 0 Å². The van der Waals surface area contributed by atoms with Crippen molar-refractivity contribution >= 4 is 29.5 Å². The summed E-state index contributed by atoms with van der Waals surface area (Å²) in [6, 6.07) is 3.11. The van der Waals surface area contributed by atoms with Crippen LogP contribution in [-0.4, -0.2) is 35.2 Å². The van der Waals surface area contributed by atoms with E-state index in [1.807, 2.05) is 13.8 Å². The highest BCUT2D eigenvalue weighted by molar-refractivity contribution is 6.13. The molecule has 0 aromatic heterocycles. The van der Waals surface area contributed by atoms with Crippen LogP contribution in [-0.2, 0) is 4.79 Å². The van der Waals surface area contributed by atoms with Gasteiger partial charge in [0.2, 0.25) is 5.91 Å². The average Bonchev–Trinajstić information content (AvgIpc) is 2.70. The first kappa shape index (κ1) is 16.5. The number of carbonyl (C=O) groups excluding carboxylic acids is 3. The van der Waals surface area contributed by atoms with Gasteiger partial charge in [-0.05, 0) is 31.5 Å². The Morgan fingerprint density at radius 1 is 1.39 bits per heavy atom. The summed E-state index contributed by atoms with van der Waals surface area (Å²) in [7, 11) is 0. The van der Waals surface area contributed by atoms with E-state index >= 15 is 0 Å². The molecule has 0 atom stereocenters. The van der Waals surface area contributed by atoms with Crippen molar-refractivity contribution in [3.05, 3.63) is 47.5 Å². The second-order valence-electron chi connectivity index (χ2n) is 5.59. The Morgan fingerprint density at radius 3 is 2.57 bits per heavy atom. The fourth-order valence-corrected chi connectivity index (χ4v) is 2.58. The lowest BCUT2D eigenvalue weighted by Gasteiger charge is -2.16. The molecule has 0 saturated heterocycles. The molecule has 6 heteroatoms. The lowest BCUT2D eigenvalue weighted by molar-refractivity contribution is -0.118.